The molecule has 0 aliphatic carbocycles. The molecule has 2 fully saturated rings. The van der Waals surface area contributed by atoms with E-state index in [1.54, 1.807) is 12.4 Å². The van der Waals surface area contributed by atoms with Gasteiger partial charge in [0.2, 0.25) is 5.91 Å². The van der Waals surface area contributed by atoms with Gasteiger partial charge in [-0.05, 0) is 44.4 Å². The van der Waals surface area contributed by atoms with E-state index in [1.807, 2.05) is 19.1 Å². The number of nitrogens with one attached hydrogen (secondary N) is 2. The number of urea groups is 1. The summed E-state index contributed by atoms with van der Waals surface area (Å²) >= 11 is 1.46. The van der Waals surface area contributed by atoms with Crippen molar-refractivity contribution in [3.8, 4) is 0 Å². The molecular weight excluding hydrogens is 416 g/mol. The molecule has 2 aromatic heterocycles. The van der Waals surface area contributed by atoms with Crippen molar-refractivity contribution in [2.24, 2.45) is 0 Å². The summed E-state index contributed by atoms with van der Waals surface area (Å²) in [7, 11) is 0. The fraction of sp³-hybridized carbons (Fsp3) is 0.476. The molecule has 10 heteroatoms. The van der Waals surface area contributed by atoms with Gasteiger partial charge in [0.1, 0.15) is 5.54 Å². The van der Waals surface area contributed by atoms with E-state index in [4.69, 9.17) is 0 Å². The summed E-state index contributed by atoms with van der Waals surface area (Å²) < 4.78 is 0. The number of carbonyl (C=O) groups is 3. The van der Waals surface area contributed by atoms with Crippen LogP contribution in [0.1, 0.15) is 48.9 Å². The fourth-order valence-corrected chi connectivity index (χ4v) is 5.15. The van der Waals surface area contributed by atoms with Crippen LogP contribution in [0.2, 0.25) is 0 Å². The molecule has 4 rings (SSSR count). The van der Waals surface area contributed by atoms with Crippen LogP contribution in [0, 0.1) is 6.92 Å². The molecule has 1 spiro atoms. The maximum Gasteiger partial charge on any atom is 0.325 e. The molecule has 2 N–H and O–H groups in total. The van der Waals surface area contributed by atoms with Gasteiger partial charge in [-0.25, -0.2) is 9.78 Å². The highest BCUT2D eigenvalue weighted by Gasteiger charge is 2.52. The van der Waals surface area contributed by atoms with Gasteiger partial charge < -0.3 is 10.6 Å². The van der Waals surface area contributed by atoms with Crippen molar-refractivity contribution >= 4 is 34.3 Å². The summed E-state index contributed by atoms with van der Waals surface area (Å²) in [5.74, 6) is -0.291. The van der Waals surface area contributed by atoms with Crippen LogP contribution in [0.4, 0.5) is 9.93 Å². The number of pyridine rings is 1. The highest BCUT2D eigenvalue weighted by atomic mass is 32.1. The van der Waals surface area contributed by atoms with Gasteiger partial charge in [0, 0.05) is 49.0 Å². The number of aromatic nitrogens is 2. The second-order valence-electron chi connectivity index (χ2n) is 8.17. The first-order valence-corrected chi connectivity index (χ1v) is 11.1. The lowest BCUT2D eigenvalue weighted by atomic mass is 9.87. The maximum absolute atomic E-state index is 13.2. The van der Waals surface area contributed by atoms with Crippen molar-refractivity contribution in [1.82, 2.24) is 25.1 Å². The number of hydrogen-bond acceptors (Lipinski definition) is 7. The number of aryl methyl sites for hydroxylation is 1. The molecule has 0 radical (unpaired) electrons. The predicted octanol–water partition coefficient (Wildman–Crippen LogP) is 2.45. The lowest BCUT2D eigenvalue weighted by Gasteiger charge is -2.39. The predicted molar refractivity (Wildman–Crippen MR) is 116 cm³/mol. The van der Waals surface area contributed by atoms with E-state index in [0.29, 0.717) is 31.1 Å². The Labute approximate surface area is 184 Å². The van der Waals surface area contributed by atoms with Crippen molar-refractivity contribution < 1.29 is 14.4 Å². The number of hydrogen-bond donors (Lipinski definition) is 2. The average Bonchev–Trinajstić information content (AvgIpc) is 3.27. The first-order valence-electron chi connectivity index (χ1n) is 10.3. The summed E-state index contributed by atoms with van der Waals surface area (Å²) in [5.41, 5.74) is 0.912. The second-order valence-corrected chi connectivity index (χ2v) is 9.23. The Morgan fingerprint density at radius 2 is 2.06 bits per heavy atom. The first-order chi connectivity index (χ1) is 14.8. The first kappa shape index (κ1) is 21.4. The smallest absolute Gasteiger partial charge is 0.323 e. The third-order valence-electron chi connectivity index (χ3n) is 5.97. The number of rotatable bonds is 5. The lowest BCUT2D eigenvalue weighted by molar-refractivity contribution is -0.133. The Hall–Kier alpha value is -2.85. The molecule has 2 aliphatic rings. The Morgan fingerprint density at radius 1 is 1.32 bits per heavy atom. The summed E-state index contributed by atoms with van der Waals surface area (Å²) in [6.45, 7) is 7.06. The molecule has 31 heavy (non-hydrogen) atoms. The quantitative estimate of drug-likeness (QED) is 0.689. The number of piperidine rings is 1. The number of amides is 4. The van der Waals surface area contributed by atoms with Gasteiger partial charge in [-0.3, -0.25) is 24.4 Å². The van der Waals surface area contributed by atoms with Crippen LogP contribution >= 0.6 is 11.3 Å². The van der Waals surface area contributed by atoms with Crippen molar-refractivity contribution in [2.45, 2.75) is 51.7 Å². The molecule has 2 aromatic rings. The van der Waals surface area contributed by atoms with Crippen molar-refractivity contribution in [3.05, 3.63) is 40.7 Å². The van der Waals surface area contributed by atoms with E-state index < -0.39 is 5.54 Å². The van der Waals surface area contributed by atoms with Crippen molar-refractivity contribution in [1.29, 1.82) is 0 Å². The number of likely N-dealkylation sites (tertiary alicyclic amines) is 1. The largest absolute Gasteiger partial charge is 0.325 e. The molecule has 4 amide bonds. The van der Waals surface area contributed by atoms with Gasteiger partial charge in [0.15, 0.2) is 5.13 Å². The number of thiazole rings is 1. The minimum absolute atomic E-state index is 0.112. The molecular formula is C21H26N6O3S. The monoisotopic (exact) mass is 442 g/mol. The number of imide groups is 1. The third kappa shape index (κ3) is 4.31. The Kier molecular flexibility index (Phi) is 5.76. The van der Waals surface area contributed by atoms with Crippen LogP contribution in [0.3, 0.4) is 0 Å². The third-order valence-corrected chi connectivity index (χ3v) is 7.05. The molecule has 0 aromatic carbocycles. The molecule has 0 unspecified atom stereocenters. The van der Waals surface area contributed by atoms with Crippen molar-refractivity contribution in [2.75, 3.05) is 18.4 Å². The molecule has 2 saturated heterocycles. The number of nitrogens with zero attached hydrogens (tertiary/aromatic N) is 4. The van der Waals surface area contributed by atoms with Gasteiger partial charge in [-0.15, -0.1) is 11.3 Å². The van der Waals surface area contributed by atoms with Gasteiger partial charge >= 0.3 is 6.03 Å². The molecule has 0 saturated carbocycles. The van der Waals surface area contributed by atoms with E-state index in [1.165, 1.54) is 23.2 Å². The normalized spacial score (nSPS) is 19.5. The van der Waals surface area contributed by atoms with Crippen LogP contribution in [0.5, 0.6) is 0 Å². The van der Waals surface area contributed by atoms with Gasteiger partial charge in [-0.1, -0.05) is 0 Å². The fourth-order valence-electron chi connectivity index (χ4n) is 4.20. The Morgan fingerprint density at radius 3 is 2.74 bits per heavy atom. The van der Waals surface area contributed by atoms with Gasteiger partial charge in [0.05, 0.1) is 6.54 Å². The topological polar surface area (TPSA) is 108 Å². The molecule has 9 nitrogen and oxygen atoms in total. The van der Waals surface area contributed by atoms with Gasteiger partial charge in [0.25, 0.3) is 5.91 Å². The van der Waals surface area contributed by atoms with E-state index in [9.17, 15) is 14.4 Å². The molecule has 0 bridgehead atoms. The van der Waals surface area contributed by atoms with Crippen LogP contribution in [-0.4, -0.2) is 56.2 Å². The Balaban J connectivity index is 1.40. The van der Waals surface area contributed by atoms with E-state index in [0.717, 1.165) is 16.1 Å². The van der Waals surface area contributed by atoms with Crippen LogP contribution in [0.15, 0.2) is 24.5 Å². The standard InChI is InChI=1S/C21H26N6O3S/c1-13-10-16(4-7-22-13)12-27-18(29)21(25-20(27)30)5-8-26(9-6-21)14(2)17-11-23-19(31-17)24-15(3)28/h4,7,10-11,14H,5-6,8-9,12H2,1-3H3,(H,25,30)(H,23,24,28)/t14-/m0/s1. The zero-order chi connectivity index (χ0) is 22.2. The molecule has 2 aliphatic heterocycles. The molecule has 4 heterocycles. The van der Waals surface area contributed by atoms with Crippen LogP contribution in [-0.2, 0) is 16.1 Å². The number of carbonyl (C=O) groups excluding carboxylic acids is 3. The van der Waals surface area contributed by atoms with E-state index in [-0.39, 0.29) is 30.4 Å². The van der Waals surface area contributed by atoms with Crippen molar-refractivity contribution in [3.63, 3.8) is 0 Å². The molecule has 164 valence electrons. The minimum Gasteiger partial charge on any atom is -0.323 e. The summed E-state index contributed by atoms with van der Waals surface area (Å²) in [4.78, 5) is 50.1. The van der Waals surface area contributed by atoms with Crippen LogP contribution < -0.4 is 10.6 Å². The summed E-state index contributed by atoms with van der Waals surface area (Å²) in [5, 5.41) is 6.26. The van der Waals surface area contributed by atoms with Crippen LogP contribution in [0.25, 0.3) is 0 Å². The lowest BCUT2D eigenvalue weighted by Crippen LogP contribution is -2.55. The second kappa shape index (κ2) is 8.35. The average molecular weight is 443 g/mol. The molecule has 1 atom stereocenters. The number of anilines is 1. The highest BCUT2D eigenvalue weighted by molar-refractivity contribution is 7.15. The zero-order valence-electron chi connectivity index (χ0n) is 17.8. The highest BCUT2D eigenvalue weighted by Crippen LogP contribution is 2.35. The van der Waals surface area contributed by atoms with Gasteiger partial charge in [-0.2, -0.15) is 0 Å². The van der Waals surface area contributed by atoms with E-state index in [2.05, 4.69) is 32.4 Å². The summed E-state index contributed by atoms with van der Waals surface area (Å²) in [6.07, 6.45) is 4.59. The minimum atomic E-state index is -0.829. The summed E-state index contributed by atoms with van der Waals surface area (Å²) in [6, 6.07) is 3.50. The Bertz CT molecular complexity index is 1010. The van der Waals surface area contributed by atoms with E-state index >= 15 is 0 Å². The zero-order valence-corrected chi connectivity index (χ0v) is 18.7. The SMILES string of the molecule is CC(=O)Nc1ncc([C@H](C)N2CCC3(CC2)NC(=O)N(Cc2ccnc(C)c2)C3=O)s1. The maximum atomic E-state index is 13.2.